The normalized spacial score (nSPS) is 10.2. The molecule has 0 saturated carbocycles. The van der Waals surface area contributed by atoms with Crippen molar-refractivity contribution >= 4 is 17.5 Å². The summed E-state index contributed by atoms with van der Waals surface area (Å²) < 4.78 is 0. The fourth-order valence-corrected chi connectivity index (χ4v) is 2.23. The van der Waals surface area contributed by atoms with Crippen LogP contribution in [0.4, 0.5) is 10.5 Å². The summed E-state index contributed by atoms with van der Waals surface area (Å²) in [5, 5.41) is 5.53. The monoisotopic (exact) mass is 310 g/mol. The van der Waals surface area contributed by atoms with E-state index in [1.165, 1.54) is 0 Å². The van der Waals surface area contributed by atoms with E-state index >= 15 is 0 Å². The minimum absolute atomic E-state index is 0.0250. The molecular weight excluding hydrogens is 288 g/mol. The molecule has 2 aromatic carbocycles. The summed E-state index contributed by atoms with van der Waals surface area (Å²) >= 11 is 0. The highest BCUT2D eigenvalue weighted by atomic mass is 16.2. The van der Waals surface area contributed by atoms with Crippen LogP contribution in [0.25, 0.3) is 0 Å². The van der Waals surface area contributed by atoms with Crippen molar-refractivity contribution < 1.29 is 9.59 Å². The molecule has 120 valence electrons. The fourth-order valence-electron chi connectivity index (χ4n) is 2.23. The molecule has 2 rings (SSSR count). The van der Waals surface area contributed by atoms with Gasteiger partial charge in [0.1, 0.15) is 0 Å². The van der Waals surface area contributed by atoms with E-state index in [4.69, 9.17) is 0 Å². The Bertz CT molecular complexity index is 706. The average molecular weight is 310 g/mol. The molecule has 0 unspecified atom stereocenters. The number of hydrogen-bond acceptors (Lipinski definition) is 2. The van der Waals surface area contributed by atoms with Gasteiger partial charge in [0.25, 0.3) is 0 Å². The Morgan fingerprint density at radius 3 is 2.35 bits per heavy atom. The van der Waals surface area contributed by atoms with Crippen molar-refractivity contribution in [3.63, 3.8) is 0 Å². The highest BCUT2D eigenvalue weighted by Gasteiger charge is 2.08. The highest BCUT2D eigenvalue weighted by molar-refractivity contribution is 5.96. The van der Waals surface area contributed by atoms with Crippen LogP contribution in [0.1, 0.15) is 33.5 Å². The largest absolute Gasteiger partial charge is 0.337 e. The lowest BCUT2D eigenvalue weighted by Gasteiger charge is -2.11. The third-order valence-corrected chi connectivity index (χ3v) is 3.86. The summed E-state index contributed by atoms with van der Waals surface area (Å²) in [7, 11) is 0. The van der Waals surface area contributed by atoms with Crippen LogP contribution in [-0.2, 0) is 0 Å². The second-order valence-corrected chi connectivity index (χ2v) is 5.67. The van der Waals surface area contributed by atoms with Gasteiger partial charge in [0.15, 0.2) is 5.78 Å². The second kappa shape index (κ2) is 7.58. The first-order valence-corrected chi connectivity index (χ1v) is 7.68. The van der Waals surface area contributed by atoms with Gasteiger partial charge in [-0.1, -0.05) is 42.0 Å². The summed E-state index contributed by atoms with van der Waals surface area (Å²) in [6.45, 7) is 6.25. The highest BCUT2D eigenvalue weighted by Crippen LogP contribution is 2.17. The van der Waals surface area contributed by atoms with Gasteiger partial charge in [-0.25, -0.2) is 4.79 Å². The van der Waals surface area contributed by atoms with Crippen LogP contribution in [0, 0.1) is 20.8 Å². The molecule has 0 bridgehead atoms. The van der Waals surface area contributed by atoms with E-state index in [1.54, 1.807) is 0 Å². The fraction of sp³-hybridized carbons (Fsp3) is 0.263. The summed E-state index contributed by atoms with van der Waals surface area (Å²) in [5.41, 5.74) is 4.74. The minimum atomic E-state index is -0.296. The van der Waals surface area contributed by atoms with Crippen LogP contribution in [-0.4, -0.2) is 18.4 Å². The molecule has 2 N–H and O–H groups in total. The molecule has 0 spiro atoms. The van der Waals surface area contributed by atoms with E-state index in [9.17, 15) is 9.59 Å². The maximum Gasteiger partial charge on any atom is 0.319 e. The van der Waals surface area contributed by atoms with Gasteiger partial charge in [-0.2, -0.15) is 0 Å². The number of hydrogen-bond donors (Lipinski definition) is 2. The predicted octanol–water partition coefficient (Wildman–Crippen LogP) is 4.01. The SMILES string of the molecule is Cc1ccc(C(=O)CCNC(=O)Nc2cccc(C)c2C)cc1. The molecule has 0 heterocycles. The zero-order valence-corrected chi connectivity index (χ0v) is 13.8. The molecule has 0 radical (unpaired) electrons. The van der Waals surface area contributed by atoms with Gasteiger partial charge >= 0.3 is 6.03 Å². The van der Waals surface area contributed by atoms with Crippen molar-refractivity contribution in [3.05, 3.63) is 64.7 Å². The molecule has 0 fully saturated rings. The summed E-state index contributed by atoms with van der Waals surface area (Å²) in [6.07, 6.45) is 0.281. The lowest BCUT2D eigenvalue weighted by Crippen LogP contribution is -2.30. The number of Topliss-reactive ketones (excluding diaryl/α,β-unsaturated/α-hetero) is 1. The van der Waals surface area contributed by atoms with E-state index in [1.807, 2.05) is 63.2 Å². The van der Waals surface area contributed by atoms with Gasteiger partial charge in [-0.05, 0) is 38.0 Å². The average Bonchev–Trinajstić information content (AvgIpc) is 2.52. The summed E-state index contributed by atoms with van der Waals surface area (Å²) in [6, 6.07) is 12.9. The van der Waals surface area contributed by atoms with Crippen LogP contribution >= 0.6 is 0 Å². The number of ketones is 1. The Kier molecular flexibility index (Phi) is 5.52. The zero-order valence-electron chi connectivity index (χ0n) is 13.8. The molecule has 0 aliphatic carbocycles. The van der Waals surface area contributed by atoms with Crippen molar-refractivity contribution in [1.82, 2.24) is 5.32 Å². The quantitative estimate of drug-likeness (QED) is 0.820. The molecule has 0 atom stereocenters. The molecule has 0 saturated heterocycles. The maximum atomic E-state index is 12.0. The number of aryl methyl sites for hydroxylation is 2. The molecule has 4 nitrogen and oxygen atoms in total. The second-order valence-electron chi connectivity index (χ2n) is 5.67. The van der Waals surface area contributed by atoms with E-state index in [2.05, 4.69) is 10.6 Å². The van der Waals surface area contributed by atoms with E-state index < -0.39 is 0 Å². The Labute approximate surface area is 136 Å². The molecule has 0 aromatic heterocycles. The van der Waals surface area contributed by atoms with E-state index in [0.717, 1.165) is 22.4 Å². The number of carbonyl (C=O) groups is 2. The molecule has 23 heavy (non-hydrogen) atoms. The molecule has 2 amide bonds. The molecular formula is C19H22N2O2. The van der Waals surface area contributed by atoms with Crippen LogP contribution in [0.5, 0.6) is 0 Å². The van der Waals surface area contributed by atoms with Crippen molar-refractivity contribution in [1.29, 1.82) is 0 Å². The molecule has 0 aliphatic heterocycles. The van der Waals surface area contributed by atoms with Crippen LogP contribution in [0.2, 0.25) is 0 Å². The van der Waals surface area contributed by atoms with Gasteiger partial charge in [0, 0.05) is 24.2 Å². The first kappa shape index (κ1) is 16.7. The number of urea groups is 1. The summed E-state index contributed by atoms with van der Waals surface area (Å²) in [5.74, 6) is 0.0250. The third-order valence-electron chi connectivity index (χ3n) is 3.86. The van der Waals surface area contributed by atoms with Crippen LogP contribution in [0.3, 0.4) is 0 Å². The van der Waals surface area contributed by atoms with Gasteiger partial charge in [0.05, 0.1) is 0 Å². The molecule has 2 aromatic rings. The molecule has 0 aliphatic rings. The number of anilines is 1. The first-order valence-electron chi connectivity index (χ1n) is 7.68. The van der Waals surface area contributed by atoms with E-state index in [0.29, 0.717) is 12.1 Å². The third kappa shape index (κ3) is 4.68. The van der Waals surface area contributed by atoms with Crippen molar-refractivity contribution in [3.8, 4) is 0 Å². The lowest BCUT2D eigenvalue weighted by atomic mass is 10.1. The van der Waals surface area contributed by atoms with Gasteiger partial charge in [0.2, 0.25) is 0 Å². The standard InChI is InChI=1S/C19H22N2O2/c1-13-7-9-16(10-8-13)18(22)11-12-20-19(23)21-17-6-4-5-14(2)15(17)3/h4-10H,11-12H2,1-3H3,(H2,20,21,23). The van der Waals surface area contributed by atoms with Gasteiger partial charge in [-0.15, -0.1) is 0 Å². The number of carbonyl (C=O) groups excluding carboxylic acids is 2. The number of nitrogens with one attached hydrogen (secondary N) is 2. The number of rotatable bonds is 5. The smallest absolute Gasteiger partial charge is 0.319 e. The topological polar surface area (TPSA) is 58.2 Å². The van der Waals surface area contributed by atoms with Gasteiger partial charge < -0.3 is 10.6 Å². The van der Waals surface area contributed by atoms with Crippen molar-refractivity contribution in [2.24, 2.45) is 0 Å². The number of amides is 2. The zero-order chi connectivity index (χ0) is 16.8. The molecule has 4 heteroatoms. The Balaban J connectivity index is 1.82. The predicted molar refractivity (Wildman–Crippen MR) is 93.1 cm³/mol. The van der Waals surface area contributed by atoms with Crippen LogP contribution in [0.15, 0.2) is 42.5 Å². The Morgan fingerprint density at radius 1 is 0.957 bits per heavy atom. The van der Waals surface area contributed by atoms with Crippen LogP contribution < -0.4 is 10.6 Å². The van der Waals surface area contributed by atoms with Crippen molar-refractivity contribution in [2.75, 3.05) is 11.9 Å². The van der Waals surface area contributed by atoms with E-state index in [-0.39, 0.29) is 18.2 Å². The number of benzene rings is 2. The Hall–Kier alpha value is -2.62. The minimum Gasteiger partial charge on any atom is -0.337 e. The summed E-state index contributed by atoms with van der Waals surface area (Å²) in [4.78, 5) is 23.9. The van der Waals surface area contributed by atoms with Gasteiger partial charge in [-0.3, -0.25) is 4.79 Å². The maximum absolute atomic E-state index is 12.0. The Morgan fingerprint density at radius 2 is 1.65 bits per heavy atom. The van der Waals surface area contributed by atoms with Crippen molar-refractivity contribution in [2.45, 2.75) is 27.2 Å². The first-order chi connectivity index (χ1) is 11.0. The lowest BCUT2D eigenvalue weighted by molar-refractivity contribution is 0.0984.